The van der Waals surface area contributed by atoms with Crippen molar-refractivity contribution in [1.29, 1.82) is 0 Å². The minimum atomic E-state index is 0.677. The van der Waals surface area contributed by atoms with Crippen molar-refractivity contribution in [2.75, 3.05) is 9.54 Å². The Morgan fingerprint density at radius 1 is 0.759 bits per heavy atom. The summed E-state index contributed by atoms with van der Waals surface area (Å²) in [6, 6.07) is 30.5. The van der Waals surface area contributed by atoms with Gasteiger partial charge in [0.2, 0.25) is 0 Å². The Labute approximate surface area is 175 Å². The maximum Gasteiger partial charge on any atom is 0.130 e. The van der Waals surface area contributed by atoms with Crippen LogP contribution in [0.4, 0.5) is 11.4 Å². The lowest BCUT2D eigenvalue weighted by atomic mass is 10.1. The Hall–Kier alpha value is -3.50. The topological polar surface area (TPSA) is 24.3 Å². The molecule has 5 heteroatoms. The zero-order valence-electron chi connectivity index (χ0n) is 15.7. The molecule has 142 valence electrons. The zero-order chi connectivity index (χ0) is 19.6. The first kappa shape index (κ1) is 17.6. The van der Waals surface area contributed by atoms with E-state index in [1.165, 1.54) is 5.56 Å². The predicted octanol–water partition coefficient (Wildman–Crippen LogP) is 5.96. The molecule has 4 nitrogen and oxygen atoms in total. The van der Waals surface area contributed by atoms with Gasteiger partial charge < -0.3 is 0 Å². The summed E-state index contributed by atoms with van der Waals surface area (Å²) in [5, 5.41) is 6.87. The highest BCUT2D eigenvalue weighted by molar-refractivity contribution is 6.28. The van der Waals surface area contributed by atoms with Crippen molar-refractivity contribution in [3.63, 3.8) is 0 Å². The third-order valence-electron chi connectivity index (χ3n) is 4.96. The van der Waals surface area contributed by atoms with Crippen LogP contribution in [-0.4, -0.2) is 9.78 Å². The molecule has 5 rings (SSSR count). The Bertz CT molecular complexity index is 1140. The molecule has 0 fully saturated rings. The maximum atomic E-state index is 6.87. The van der Waals surface area contributed by atoms with Gasteiger partial charge in [-0.25, -0.2) is 5.01 Å². The van der Waals surface area contributed by atoms with Crippen LogP contribution in [0.2, 0.25) is 0 Å². The van der Waals surface area contributed by atoms with Crippen LogP contribution in [0, 0.1) is 0 Å². The molecule has 0 unspecified atom stereocenters. The van der Waals surface area contributed by atoms with Crippen molar-refractivity contribution in [2.45, 2.75) is 6.54 Å². The molecule has 0 N–H and O–H groups in total. The van der Waals surface area contributed by atoms with Gasteiger partial charge in [0.25, 0.3) is 0 Å². The molecule has 1 aromatic heterocycles. The van der Waals surface area contributed by atoms with Gasteiger partial charge in [0.1, 0.15) is 11.4 Å². The number of rotatable bonds is 4. The summed E-state index contributed by atoms with van der Waals surface area (Å²) >= 11 is 6.87. The molecule has 0 saturated carbocycles. The summed E-state index contributed by atoms with van der Waals surface area (Å²) in [7, 11) is 0. The molecule has 0 atom stereocenters. The second-order valence-electron chi connectivity index (χ2n) is 6.85. The summed E-state index contributed by atoms with van der Waals surface area (Å²) in [6.45, 7) is 0.677. The second-order valence-corrected chi connectivity index (χ2v) is 7.17. The highest BCUT2D eigenvalue weighted by Gasteiger charge is 2.28. The number of halogens is 1. The van der Waals surface area contributed by atoms with Crippen LogP contribution < -0.4 is 9.54 Å². The van der Waals surface area contributed by atoms with E-state index < -0.39 is 0 Å². The van der Waals surface area contributed by atoms with Gasteiger partial charge in [-0.3, -0.25) is 4.68 Å². The molecule has 0 amide bonds. The van der Waals surface area contributed by atoms with Crippen molar-refractivity contribution in [1.82, 2.24) is 9.78 Å². The van der Waals surface area contributed by atoms with E-state index in [0.717, 1.165) is 28.3 Å². The van der Waals surface area contributed by atoms with Gasteiger partial charge in [-0.1, -0.05) is 78.9 Å². The van der Waals surface area contributed by atoms with E-state index in [1.807, 2.05) is 82.6 Å². The summed E-state index contributed by atoms with van der Waals surface area (Å²) in [4.78, 5) is 0. The highest BCUT2D eigenvalue weighted by Crippen LogP contribution is 2.40. The van der Waals surface area contributed by atoms with Crippen LogP contribution >= 0.6 is 11.8 Å². The zero-order valence-corrected chi connectivity index (χ0v) is 16.4. The highest BCUT2D eigenvalue weighted by atomic mass is 35.5. The molecule has 29 heavy (non-hydrogen) atoms. The van der Waals surface area contributed by atoms with Crippen LogP contribution in [-0.2, 0) is 6.54 Å². The third kappa shape index (κ3) is 3.28. The normalized spacial score (nSPS) is 12.9. The van der Waals surface area contributed by atoms with Crippen LogP contribution in [0.3, 0.4) is 0 Å². The number of hydrogen-bond donors (Lipinski definition) is 0. The second kappa shape index (κ2) is 7.49. The molecule has 3 aromatic carbocycles. The molecule has 0 radical (unpaired) electrons. The van der Waals surface area contributed by atoms with Gasteiger partial charge in [-0.2, -0.15) is 9.63 Å². The minimum absolute atomic E-state index is 0.677. The monoisotopic (exact) mass is 398 g/mol. The average molecular weight is 399 g/mol. The lowest BCUT2D eigenvalue weighted by Crippen LogP contribution is -2.33. The molecule has 0 saturated heterocycles. The molecule has 0 aliphatic carbocycles. The Morgan fingerprint density at radius 2 is 1.38 bits per heavy atom. The fourth-order valence-electron chi connectivity index (χ4n) is 3.56. The number of hydrogen-bond acceptors (Lipinski definition) is 3. The number of aromatic nitrogens is 2. The first-order chi connectivity index (χ1) is 14.3. The number of fused-ring (bicyclic) bond motifs is 1. The number of anilines is 2. The van der Waals surface area contributed by atoms with Gasteiger partial charge in [-0.15, -0.1) is 0 Å². The molecular weight excluding hydrogens is 380 g/mol. The van der Waals surface area contributed by atoms with Crippen molar-refractivity contribution in [3.05, 3.63) is 108 Å². The number of benzene rings is 3. The van der Waals surface area contributed by atoms with Crippen molar-refractivity contribution in [2.24, 2.45) is 0 Å². The number of nitrogens with zero attached hydrogens (tertiary/aromatic N) is 4. The summed E-state index contributed by atoms with van der Waals surface area (Å²) in [5.41, 5.74) is 5.92. The summed E-state index contributed by atoms with van der Waals surface area (Å²) < 4.78 is 3.67. The van der Waals surface area contributed by atoms with Crippen molar-refractivity contribution >= 4 is 29.2 Å². The Balaban J connectivity index is 1.63. The molecule has 1 aliphatic heterocycles. The number of para-hydroxylation sites is 1. The van der Waals surface area contributed by atoms with Gasteiger partial charge in [-0.05, 0) is 23.8 Å². The van der Waals surface area contributed by atoms with Gasteiger partial charge >= 0.3 is 0 Å². The van der Waals surface area contributed by atoms with Crippen molar-refractivity contribution in [3.8, 4) is 11.3 Å². The van der Waals surface area contributed by atoms with E-state index in [0.29, 0.717) is 6.54 Å². The largest absolute Gasteiger partial charge is 0.258 e. The van der Waals surface area contributed by atoms with Crippen LogP contribution in [0.5, 0.6) is 0 Å². The SMILES string of the molecule is ClN1c2c(-c3ccccc3)nn(Cc3ccccc3)c2C=CN1c1ccccc1. The van der Waals surface area contributed by atoms with Gasteiger partial charge in [0, 0.05) is 23.5 Å². The van der Waals surface area contributed by atoms with Crippen LogP contribution in [0.15, 0.2) is 97.2 Å². The third-order valence-corrected chi connectivity index (χ3v) is 5.29. The Kier molecular flexibility index (Phi) is 4.54. The van der Waals surface area contributed by atoms with E-state index in [-0.39, 0.29) is 0 Å². The van der Waals surface area contributed by atoms with Gasteiger partial charge in [0.15, 0.2) is 0 Å². The van der Waals surface area contributed by atoms with E-state index in [9.17, 15) is 0 Å². The predicted molar refractivity (Wildman–Crippen MR) is 119 cm³/mol. The minimum Gasteiger partial charge on any atom is -0.258 e. The van der Waals surface area contributed by atoms with Crippen molar-refractivity contribution < 1.29 is 0 Å². The molecule has 1 aliphatic rings. The molecule has 0 bridgehead atoms. The fourth-order valence-corrected chi connectivity index (χ4v) is 3.86. The molecule has 2 heterocycles. The van der Waals surface area contributed by atoms with E-state index in [2.05, 4.69) is 30.3 Å². The smallest absolute Gasteiger partial charge is 0.130 e. The summed E-state index contributed by atoms with van der Waals surface area (Å²) in [5.74, 6) is 0. The van der Waals surface area contributed by atoms with Crippen LogP contribution in [0.25, 0.3) is 17.3 Å². The number of hydrazine groups is 1. The standard InChI is InChI=1S/C24H19ClN4/c25-29-24-22(16-17-28(29)21-14-8-3-9-15-21)27(18-19-10-4-1-5-11-19)26-23(24)20-12-6-2-7-13-20/h1-17H,18H2. The van der Waals surface area contributed by atoms with Gasteiger partial charge in [0.05, 0.1) is 17.9 Å². The quantitative estimate of drug-likeness (QED) is 0.396. The summed E-state index contributed by atoms with van der Waals surface area (Å²) in [6.07, 6.45) is 4.05. The maximum absolute atomic E-state index is 6.87. The first-order valence-electron chi connectivity index (χ1n) is 9.50. The molecule has 4 aromatic rings. The molecular formula is C24H19ClN4. The lowest BCUT2D eigenvalue weighted by molar-refractivity contribution is 0.682. The fraction of sp³-hybridized carbons (Fsp3) is 0.0417. The lowest BCUT2D eigenvalue weighted by Gasteiger charge is -2.32. The first-order valence-corrected chi connectivity index (χ1v) is 9.83. The van der Waals surface area contributed by atoms with E-state index in [1.54, 1.807) is 4.53 Å². The van der Waals surface area contributed by atoms with E-state index >= 15 is 0 Å². The molecule has 0 spiro atoms. The van der Waals surface area contributed by atoms with Crippen LogP contribution in [0.1, 0.15) is 11.3 Å². The Morgan fingerprint density at radius 3 is 2.07 bits per heavy atom. The van der Waals surface area contributed by atoms with E-state index in [4.69, 9.17) is 16.9 Å². The average Bonchev–Trinajstić information content (AvgIpc) is 3.15.